The minimum Gasteiger partial charge on any atom is -0.376 e. The fourth-order valence-electron chi connectivity index (χ4n) is 2.79. The molecule has 2 amide bonds. The topological polar surface area (TPSA) is 61.4 Å². The van der Waals surface area contributed by atoms with Crippen LogP contribution < -0.4 is 10.6 Å². The van der Waals surface area contributed by atoms with E-state index >= 15 is 0 Å². The maximum absolute atomic E-state index is 12.3. The van der Waals surface area contributed by atoms with E-state index in [1.165, 1.54) is 0 Å². The van der Waals surface area contributed by atoms with E-state index in [1.807, 2.05) is 4.90 Å². The zero-order valence-corrected chi connectivity index (χ0v) is 15.6. The Morgan fingerprint density at radius 2 is 1.58 bits per heavy atom. The van der Waals surface area contributed by atoms with Crippen molar-refractivity contribution >= 4 is 46.4 Å². The zero-order valence-electron chi connectivity index (χ0n) is 14.1. The molecule has 2 aromatic rings. The molecule has 1 aliphatic rings. The van der Waals surface area contributed by atoms with Crippen LogP contribution in [-0.2, 0) is 4.79 Å². The summed E-state index contributed by atoms with van der Waals surface area (Å²) in [6, 6.07) is 12.1. The molecule has 0 bridgehead atoms. The van der Waals surface area contributed by atoms with Gasteiger partial charge in [0.05, 0.1) is 16.6 Å². The van der Waals surface area contributed by atoms with Crippen molar-refractivity contribution in [2.24, 2.45) is 0 Å². The van der Waals surface area contributed by atoms with Crippen molar-refractivity contribution in [3.63, 3.8) is 0 Å². The minimum atomic E-state index is -0.208. The predicted molar refractivity (Wildman–Crippen MR) is 105 cm³/mol. The molecule has 0 radical (unpaired) electrons. The molecule has 1 saturated heterocycles. The second kappa shape index (κ2) is 8.43. The van der Waals surface area contributed by atoms with Gasteiger partial charge in [0.2, 0.25) is 5.91 Å². The second-order valence-electron chi connectivity index (χ2n) is 6.11. The highest BCUT2D eigenvalue weighted by molar-refractivity contribution is 6.42. The van der Waals surface area contributed by atoms with E-state index in [9.17, 15) is 9.59 Å². The quantitative estimate of drug-likeness (QED) is 0.799. The number of carbonyl (C=O) groups excluding carboxylic acids is 2. The maximum Gasteiger partial charge on any atom is 0.253 e. The third-order valence-electron chi connectivity index (χ3n) is 4.18. The van der Waals surface area contributed by atoms with Crippen molar-refractivity contribution in [2.75, 3.05) is 30.3 Å². The summed E-state index contributed by atoms with van der Waals surface area (Å²) < 4.78 is 0. The van der Waals surface area contributed by atoms with Crippen LogP contribution in [0.4, 0.5) is 11.4 Å². The Morgan fingerprint density at radius 3 is 2.23 bits per heavy atom. The molecule has 0 spiro atoms. The van der Waals surface area contributed by atoms with Gasteiger partial charge in [-0.2, -0.15) is 0 Å². The summed E-state index contributed by atoms with van der Waals surface area (Å²) in [6.45, 7) is 1.75. The lowest BCUT2D eigenvalue weighted by Crippen LogP contribution is -2.27. The van der Waals surface area contributed by atoms with E-state index in [1.54, 1.807) is 42.5 Å². The lowest BCUT2D eigenvalue weighted by Gasteiger charge is -2.15. The van der Waals surface area contributed by atoms with Crippen molar-refractivity contribution in [1.29, 1.82) is 0 Å². The van der Waals surface area contributed by atoms with Crippen LogP contribution in [-0.4, -0.2) is 36.3 Å². The number of likely N-dealkylation sites (tertiary alicyclic amines) is 1. The number of anilines is 2. The Bertz CT molecular complexity index is 803. The van der Waals surface area contributed by atoms with Crippen LogP contribution in [0, 0.1) is 0 Å². The van der Waals surface area contributed by atoms with E-state index in [0.717, 1.165) is 31.6 Å². The standard InChI is InChI=1S/C19H19Cl2N3O2/c20-16-8-7-15(11-17(16)21)23-18(25)12-22-14-5-3-13(4-6-14)19(26)24-9-1-2-10-24/h3-8,11,22H,1-2,9-10,12H2,(H,23,25). The first-order valence-corrected chi connectivity index (χ1v) is 9.16. The SMILES string of the molecule is O=C(CNc1ccc(C(=O)N2CCCC2)cc1)Nc1ccc(Cl)c(Cl)c1. The van der Waals surface area contributed by atoms with E-state index in [-0.39, 0.29) is 18.4 Å². The Hall–Kier alpha value is -2.24. The largest absolute Gasteiger partial charge is 0.376 e. The molecule has 1 heterocycles. The number of nitrogens with zero attached hydrogens (tertiary/aromatic N) is 1. The highest BCUT2D eigenvalue weighted by Gasteiger charge is 2.19. The molecule has 2 aromatic carbocycles. The summed E-state index contributed by atoms with van der Waals surface area (Å²) in [6.07, 6.45) is 2.14. The van der Waals surface area contributed by atoms with Gasteiger partial charge in [-0.25, -0.2) is 0 Å². The van der Waals surface area contributed by atoms with Crippen molar-refractivity contribution in [3.8, 4) is 0 Å². The van der Waals surface area contributed by atoms with Crippen LogP contribution in [0.15, 0.2) is 42.5 Å². The highest BCUT2D eigenvalue weighted by Crippen LogP contribution is 2.25. The molecular formula is C19H19Cl2N3O2. The molecule has 0 saturated carbocycles. The number of nitrogens with one attached hydrogen (secondary N) is 2. The normalized spacial score (nSPS) is 13.5. The molecule has 2 N–H and O–H groups in total. The Balaban J connectivity index is 1.51. The first kappa shape index (κ1) is 18.5. The third kappa shape index (κ3) is 4.68. The summed E-state index contributed by atoms with van der Waals surface area (Å²) in [4.78, 5) is 26.2. The minimum absolute atomic E-state index is 0.0615. The van der Waals surface area contributed by atoms with Crippen molar-refractivity contribution in [3.05, 3.63) is 58.1 Å². The van der Waals surface area contributed by atoms with E-state index < -0.39 is 0 Å². The van der Waals surface area contributed by atoms with Gasteiger partial charge in [-0.05, 0) is 55.3 Å². The number of hydrogen-bond acceptors (Lipinski definition) is 3. The van der Waals surface area contributed by atoms with Crippen LogP contribution in [0.3, 0.4) is 0 Å². The van der Waals surface area contributed by atoms with Crippen LogP contribution in [0.2, 0.25) is 10.0 Å². The smallest absolute Gasteiger partial charge is 0.253 e. The molecule has 3 rings (SSSR count). The predicted octanol–water partition coefficient (Wildman–Crippen LogP) is 4.28. The van der Waals surface area contributed by atoms with Gasteiger partial charge in [0.1, 0.15) is 0 Å². The fraction of sp³-hybridized carbons (Fsp3) is 0.263. The molecule has 136 valence electrons. The number of halogens is 2. The first-order valence-electron chi connectivity index (χ1n) is 8.41. The molecule has 0 aromatic heterocycles. The van der Waals surface area contributed by atoms with Gasteiger partial charge in [-0.3, -0.25) is 9.59 Å². The number of hydrogen-bond donors (Lipinski definition) is 2. The molecule has 1 aliphatic heterocycles. The van der Waals surface area contributed by atoms with Gasteiger partial charge in [-0.1, -0.05) is 23.2 Å². The van der Waals surface area contributed by atoms with E-state index in [2.05, 4.69) is 10.6 Å². The molecule has 1 fully saturated rings. The summed E-state index contributed by atoms with van der Waals surface area (Å²) in [5.41, 5.74) is 2.02. The van der Waals surface area contributed by atoms with Gasteiger partial charge < -0.3 is 15.5 Å². The molecule has 0 atom stereocenters. The van der Waals surface area contributed by atoms with Gasteiger partial charge in [0.15, 0.2) is 0 Å². The zero-order chi connectivity index (χ0) is 18.5. The number of amides is 2. The number of benzene rings is 2. The van der Waals surface area contributed by atoms with Crippen molar-refractivity contribution in [2.45, 2.75) is 12.8 Å². The molecular weight excluding hydrogens is 373 g/mol. The molecule has 5 nitrogen and oxygen atoms in total. The van der Waals surface area contributed by atoms with E-state index in [4.69, 9.17) is 23.2 Å². The first-order chi connectivity index (χ1) is 12.5. The Kier molecular flexibility index (Phi) is 6.01. The summed E-state index contributed by atoms with van der Waals surface area (Å²) in [5, 5.41) is 6.59. The average molecular weight is 392 g/mol. The lowest BCUT2D eigenvalue weighted by atomic mass is 10.2. The molecule has 0 unspecified atom stereocenters. The van der Waals surface area contributed by atoms with Gasteiger partial charge in [-0.15, -0.1) is 0 Å². The lowest BCUT2D eigenvalue weighted by molar-refractivity contribution is -0.114. The fourth-order valence-corrected chi connectivity index (χ4v) is 3.09. The van der Waals surface area contributed by atoms with E-state index in [0.29, 0.717) is 21.3 Å². The Morgan fingerprint density at radius 1 is 0.923 bits per heavy atom. The highest BCUT2D eigenvalue weighted by atomic mass is 35.5. The molecule has 7 heteroatoms. The van der Waals surface area contributed by atoms with Crippen molar-refractivity contribution < 1.29 is 9.59 Å². The van der Waals surface area contributed by atoms with Crippen LogP contribution in [0.1, 0.15) is 23.2 Å². The monoisotopic (exact) mass is 391 g/mol. The summed E-state index contributed by atoms with van der Waals surface area (Å²) in [7, 11) is 0. The number of carbonyl (C=O) groups is 2. The third-order valence-corrected chi connectivity index (χ3v) is 4.92. The van der Waals surface area contributed by atoms with Crippen LogP contribution in [0.5, 0.6) is 0 Å². The molecule has 26 heavy (non-hydrogen) atoms. The second-order valence-corrected chi connectivity index (χ2v) is 6.92. The Labute approximate surface area is 162 Å². The summed E-state index contributed by atoms with van der Waals surface area (Å²) in [5.74, 6) is -0.146. The maximum atomic E-state index is 12.3. The van der Waals surface area contributed by atoms with Crippen LogP contribution in [0.25, 0.3) is 0 Å². The van der Waals surface area contributed by atoms with Gasteiger partial charge in [0, 0.05) is 30.0 Å². The average Bonchev–Trinajstić information content (AvgIpc) is 3.18. The molecule has 0 aliphatic carbocycles. The van der Waals surface area contributed by atoms with Gasteiger partial charge in [0.25, 0.3) is 5.91 Å². The van der Waals surface area contributed by atoms with Crippen LogP contribution >= 0.6 is 23.2 Å². The summed E-state index contributed by atoms with van der Waals surface area (Å²) >= 11 is 11.8. The van der Waals surface area contributed by atoms with Gasteiger partial charge >= 0.3 is 0 Å². The number of rotatable bonds is 5. The van der Waals surface area contributed by atoms with Crippen molar-refractivity contribution in [1.82, 2.24) is 4.90 Å².